The molecule has 0 aliphatic carbocycles. The van der Waals surface area contributed by atoms with Crippen LogP contribution in [0.2, 0.25) is 5.02 Å². The number of amides is 1. The molecule has 1 amide bonds. The number of hydrogen-bond donors (Lipinski definition) is 2. The summed E-state index contributed by atoms with van der Waals surface area (Å²) in [4.78, 5) is 17.3. The van der Waals surface area contributed by atoms with Gasteiger partial charge >= 0.3 is 0 Å². The van der Waals surface area contributed by atoms with Crippen molar-refractivity contribution in [2.24, 2.45) is 0 Å². The van der Waals surface area contributed by atoms with Crippen molar-refractivity contribution in [1.82, 2.24) is 9.88 Å². The van der Waals surface area contributed by atoms with E-state index < -0.39 is 0 Å². The molecule has 2 aromatic rings. The maximum Gasteiger partial charge on any atom is 0.270 e. The Morgan fingerprint density at radius 3 is 2.95 bits per heavy atom. The number of hydrogen-bond acceptors (Lipinski definition) is 2. The number of nitrogens with two attached hydrogens (primary N) is 1. The molecule has 3 rings (SSSR count). The molecule has 0 radical (unpaired) electrons. The number of carbonyl (C=O) groups is 1. The zero-order valence-electron chi connectivity index (χ0n) is 11.0. The van der Waals surface area contributed by atoms with Gasteiger partial charge in [-0.3, -0.25) is 4.79 Å². The van der Waals surface area contributed by atoms with Crippen LogP contribution in [-0.4, -0.2) is 22.3 Å². The van der Waals surface area contributed by atoms with Crippen LogP contribution in [0.3, 0.4) is 0 Å². The summed E-state index contributed by atoms with van der Waals surface area (Å²) in [6, 6.07) is 9.48. The Labute approximate surface area is 122 Å². The second kappa shape index (κ2) is 5.21. The van der Waals surface area contributed by atoms with E-state index in [0.717, 1.165) is 24.9 Å². The van der Waals surface area contributed by atoms with Crippen LogP contribution in [0.25, 0.3) is 0 Å². The predicted molar refractivity (Wildman–Crippen MR) is 79.7 cm³/mol. The number of aromatic amines is 1. The molecule has 0 spiro atoms. The van der Waals surface area contributed by atoms with E-state index in [2.05, 4.69) is 4.98 Å². The number of H-pyrrole nitrogens is 1. The van der Waals surface area contributed by atoms with Gasteiger partial charge in [-0.15, -0.1) is 0 Å². The summed E-state index contributed by atoms with van der Waals surface area (Å²) < 4.78 is 0. The third-order valence-electron chi connectivity index (χ3n) is 3.68. The van der Waals surface area contributed by atoms with Gasteiger partial charge in [-0.25, -0.2) is 0 Å². The monoisotopic (exact) mass is 289 g/mol. The minimum Gasteiger partial charge on any atom is -0.397 e. The summed E-state index contributed by atoms with van der Waals surface area (Å²) >= 11 is 6.04. The lowest BCUT2D eigenvalue weighted by Crippen LogP contribution is -2.30. The van der Waals surface area contributed by atoms with Gasteiger partial charge in [0.2, 0.25) is 0 Å². The first-order valence-corrected chi connectivity index (χ1v) is 7.03. The molecule has 4 nitrogen and oxygen atoms in total. The Bertz CT molecular complexity index is 638. The summed E-state index contributed by atoms with van der Waals surface area (Å²) in [5.74, 6) is -0.0100. The van der Waals surface area contributed by atoms with Crippen LogP contribution in [0.4, 0.5) is 5.69 Å². The van der Waals surface area contributed by atoms with E-state index in [1.54, 1.807) is 12.3 Å². The molecule has 104 valence electrons. The Kier molecular flexibility index (Phi) is 3.40. The number of carbonyl (C=O) groups excluding carboxylic acids is 1. The van der Waals surface area contributed by atoms with Gasteiger partial charge in [0.25, 0.3) is 5.91 Å². The first kappa shape index (κ1) is 13.1. The average Bonchev–Trinajstić information content (AvgIpc) is 3.06. The van der Waals surface area contributed by atoms with Gasteiger partial charge in [-0.05, 0) is 36.6 Å². The summed E-state index contributed by atoms with van der Waals surface area (Å²) in [6.45, 7) is 0.759. The molecule has 20 heavy (non-hydrogen) atoms. The molecule has 1 aromatic heterocycles. The first-order chi connectivity index (χ1) is 9.65. The van der Waals surface area contributed by atoms with Crippen molar-refractivity contribution >= 4 is 23.2 Å². The van der Waals surface area contributed by atoms with Crippen molar-refractivity contribution in [1.29, 1.82) is 0 Å². The summed E-state index contributed by atoms with van der Waals surface area (Å²) in [7, 11) is 0. The van der Waals surface area contributed by atoms with Gasteiger partial charge in [-0.1, -0.05) is 23.7 Å². The molecule has 1 atom stereocenters. The highest BCUT2D eigenvalue weighted by Gasteiger charge is 2.31. The van der Waals surface area contributed by atoms with Crippen LogP contribution >= 0.6 is 11.6 Å². The summed E-state index contributed by atoms with van der Waals surface area (Å²) in [6.07, 6.45) is 3.60. The number of aromatic nitrogens is 1. The van der Waals surface area contributed by atoms with Crippen molar-refractivity contribution in [2.45, 2.75) is 18.9 Å². The van der Waals surface area contributed by atoms with Crippen molar-refractivity contribution in [3.8, 4) is 0 Å². The van der Waals surface area contributed by atoms with Crippen molar-refractivity contribution in [3.05, 3.63) is 52.8 Å². The minimum atomic E-state index is -0.0100. The average molecular weight is 290 g/mol. The van der Waals surface area contributed by atoms with Crippen molar-refractivity contribution in [3.63, 3.8) is 0 Å². The predicted octanol–water partition coefficient (Wildman–Crippen LogP) is 3.23. The standard InChI is InChI=1S/C15H16ClN3O/c16-11-4-1-3-10(7-11)14-5-2-6-19(14)15(20)13-8-12(17)9-18-13/h1,3-4,7-9,14,18H,2,5-6,17H2. The van der Waals surface area contributed by atoms with E-state index in [-0.39, 0.29) is 11.9 Å². The van der Waals surface area contributed by atoms with Gasteiger partial charge in [0.05, 0.1) is 6.04 Å². The quantitative estimate of drug-likeness (QED) is 0.891. The normalized spacial score (nSPS) is 18.4. The molecule has 3 N–H and O–H groups in total. The first-order valence-electron chi connectivity index (χ1n) is 6.65. The van der Waals surface area contributed by atoms with Gasteiger partial charge in [0, 0.05) is 23.5 Å². The number of likely N-dealkylation sites (tertiary alicyclic amines) is 1. The van der Waals surface area contributed by atoms with Crippen molar-refractivity contribution < 1.29 is 4.79 Å². The van der Waals surface area contributed by atoms with Crippen LogP contribution in [0.1, 0.15) is 34.9 Å². The van der Waals surface area contributed by atoms with E-state index in [9.17, 15) is 4.79 Å². The lowest BCUT2D eigenvalue weighted by atomic mass is 10.0. The molecule has 1 aromatic carbocycles. The van der Waals surface area contributed by atoms with Crippen LogP contribution in [0.15, 0.2) is 36.5 Å². The maximum absolute atomic E-state index is 12.5. The lowest BCUT2D eigenvalue weighted by molar-refractivity contribution is 0.0730. The highest BCUT2D eigenvalue weighted by Crippen LogP contribution is 2.34. The SMILES string of the molecule is Nc1c[nH]c(C(=O)N2CCCC2c2cccc(Cl)c2)c1. The van der Waals surface area contributed by atoms with Crippen LogP contribution in [0, 0.1) is 0 Å². The van der Waals surface area contributed by atoms with Gasteiger partial charge in [0.15, 0.2) is 0 Å². The largest absolute Gasteiger partial charge is 0.397 e. The highest BCUT2D eigenvalue weighted by molar-refractivity contribution is 6.30. The second-order valence-electron chi connectivity index (χ2n) is 5.06. The van der Waals surface area contributed by atoms with E-state index in [0.29, 0.717) is 16.4 Å². The van der Waals surface area contributed by atoms with Gasteiger partial charge in [0.1, 0.15) is 5.69 Å². The number of rotatable bonds is 2. The van der Waals surface area contributed by atoms with E-state index >= 15 is 0 Å². The molecule has 1 saturated heterocycles. The van der Waals surface area contributed by atoms with Gasteiger partial charge in [-0.2, -0.15) is 0 Å². The van der Waals surface area contributed by atoms with E-state index in [1.165, 1.54) is 0 Å². The molecule has 1 aliphatic rings. The third-order valence-corrected chi connectivity index (χ3v) is 3.92. The number of halogens is 1. The second-order valence-corrected chi connectivity index (χ2v) is 5.49. The Morgan fingerprint density at radius 2 is 2.25 bits per heavy atom. The number of benzene rings is 1. The molecule has 1 fully saturated rings. The Balaban J connectivity index is 1.87. The van der Waals surface area contributed by atoms with E-state index in [4.69, 9.17) is 17.3 Å². The zero-order valence-corrected chi connectivity index (χ0v) is 11.7. The Hall–Kier alpha value is -1.94. The fraction of sp³-hybridized carbons (Fsp3) is 0.267. The van der Waals surface area contributed by atoms with Crippen LogP contribution in [-0.2, 0) is 0 Å². The number of nitrogens with one attached hydrogen (secondary N) is 1. The fourth-order valence-corrected chi connectivity index (χ4v) is 2.96. The molecule has 1 aliphatic heterocycles. The van der Waals surface area contributed by atoms with Crippen LogP contribution < -0.4 is 5.73 Å². The summed E-state index contributed by atoms with van der Waals surface area (Å²) in [5, 5.41) is 0.700. The molecule has 2 heterocycles. The topological polar surface area (TPSA) is 62.1 Å². The Morgan fingerprint density at radius 1 is 1.40 bits per heavy atom. The third kappa shape index (κ3) is 2.39. The number of nitrogens with zero attached hydrogens (tertiary/aromatic N) is 1. The van der Waals surface area contributed by atoms with Crippen molar-refractivity contribution in [2.75, 3.05) is 12.3 Å². The smallest absolute Gasteiger partial charge is 0.270 e. The van der Waals surface area contributed by atoms with Crippen LogP contribution in [0.5, 0.6) is 0 Å². The van der Waals surface area contributed by atoms with Gasteiger partial charge < -0.3 is 15.6 Å². The number of anilines is 1. The molecule has 0 bridgehead atoms. The molecular formula is C15H16ClN3O. The fourth-order valence-electron chi connectivity index (χ4n) is 2.76. The number of nitrogen functional groups attached to an aromatic ring is 1. The molecular weight excluding hydrogens is 274 g/mol. The van der Waals surface area contributed by atoms with E-state index in [1.807, 2.05) is 29.2 Å². The highest BCUT2D eigenvalue weighted by atomic mass is 35.5. The minimum absolute atomic E-state index is 0.0100. The zero-order chi connectivity index (χ0) is 14.1. The summed E-state index contributed by atoms with van der Waals surface area (Å²) in [5.41, 5.74) is 7.86. The molecule has 0 saturated carbocycles. The molecule has 1 unspecified atom stereocenters. The maximum atomic E-state index is 12.5. The molecule has 5 heteroatoms. The lowest BCUT2D eigenvalue weighted by Gasteiger charge is -2.24.